The van der Waals surface area contributed by atoms with Crippen molar-refractivity contribution in [2.24, 2.45) is 5.73 Å². The van der Waals surface area contributed by atoms with Gasteiger partial charge >= 0.3 is 0 Å². The molecule has 8 nitrogen and oxygen atoms in total. The number of ether oxygens (including phenoxy) is 3. The number of primary amides is 1. The fourth-order valence-corrected chi connectivity index (χ4v) is 3.28. The number of aromatic nitrogens is 1. The third-order valence-corrected chi connectivity index (χ3v) is 4.80. The third kappa shape index (κ3) is 5.28. The number of benzene rings is 1. The molecule has 1 aromatic heterocycles. The van der Waals surface area contributed by atoms with Gasteiger partial charge in [-0.3, -0.25) is 14.6 Å². The molecule has 0 bridgehead atoms. The molecule has 1 aromatic carbocycles. The van der Waals surface area contributed by atoms with Crippen LogP contribution in [0.3, 0.4) is 0 Å². The number of nitrogens with two attached hydrogens (primary N) is 1. The number of piperidine rings is 1. The molecule has 1 saturated heterocycles. The van der Waals surface area contributed by atoms with E-state index in [-0.39, 0.29) is 17.7 Å². The molecule has 1 aliphatic heterocycles. The van der Waals surface area contributed by atoms with E-state index in [2.05, 4.69) is 4.98 Å². The second kappa shape index (κ2) is 9.78. The van der Waals surface area contributed by atoms with E-state index in [0.29, 0.717) is 30.3 Å². The fourth-order valence-electron chi connectivity index (χ4n) is 3.28. The molecule has 30 heavy (non-hydrogen) atoms. The Morgan fingerprint density at radius 2 is 1.97 bits per heavy atom. The zero-order chi connectivity index (χ0) is 21.5. The van der Waals surface area contributed by atoms with Gasteiger partial charge in [0.1, 0.15) is 17.5 Å². The number of carbonyl (C=O) groups excluding carboxylic acids is 2. The summed E-state index contributed by atoms with van der Waals surface area (Å²) in [5.41, 5.74) is 6.24. The molecular weight excluding hydrogens is 386 g/mol. The Hall–Kier alpha value is -3.55. The lowest BCUT2D eigenvalue weighted by Gasteiger charge is -2.32. The van der Waals surface area contributed by atoms with Gasteiger partial charge in [0.25, 0.3) is 5.91 Å². The normalized spacial score (nSPS) is 16.3. The smallest absolute Gasteiger partial charge is 0.267 e. The molecule has 2 heterocycles. The summed E-state index contributed by atoms with van der Waals surface area (Å²) in [6.07, 6.45) is 6.25. The zero-order valence-electron chi connectivity index (χ0n) is 17.0. The molecule has 0 spiro atoms. The summed E-state index contributed by atoms with van der Waals surface area (Å²) in [5.74, 6) is 1.05. The van der Waals surface area contributed by atoms with Crippen molar-refractivity contribution in [1.82, 2.24) is 9.88 Å². The van der Waals surface area contributed by atoms with Gasteiger partial charge in [-0.05, 0) is 42.7 Å². The highest BCUT2D eigenvalue weighted by Crippen LogP contribution is 2.28. The Kier molecular flexibility index (Phi) is 6.90. The number of hydrogen-bond acceptors (Lipinski definition) is 6. The summed E-state index contributed by atoms with van der Waals surface area (Å²) in [6, 6.07) is 8.64. The summed E-state index contributed by atoms with van der Waals surface area (Å²) in [5, 5.41) is 0. The van der Waals surface area contributed by atoms with Crippen molar-refractivity contribution in [3.8, 4) is 17.2 Å². The second-order valence-electron chi connectivity index (χ2n) is 6.86. The highest BCUT2D eigenvalue weighted by molar-refractivity contribution is 5.92. The van der Waals surface area contributed by atoms with Crippen LogP contribution in [0.5, 0.6) is 17.2 Å². The number of pyridine rings is 1. The molecule has 3 rings (SSSR count). The lowest BCUT2D eigenvalue weighted by molar-refractivity contribution is -0.128. The molecule has 2 aromatic rings. The van der Waals surface area contributed by atoms with Gasteiger partial charge in [0, 0.05) is 24.9 Å². The maximum Gasteiger partial charge on any atom is 0.267 e. The molecule has 0 radical (unpaired) electrons. The van der Waals surface area contributed by atoms with Gasteiger partial charge in [0.2, 0.25) is 5.91 Å². The topological polar surface area (TPSA) is 104 Å². The molecule has 1 unspecified atom stereocenters. The van der Waals surface area contributed by atoms with Gasteiger partial charge in [-0.2, -0.15) is 0 Å². The first kappa shape index (κ1) is 21.2. The van der Waals surface area contributed by atoms with Crippen LogP contribution in [0.25, 0.3) is 6.08 Å². The molecular formula is C22H25N3O5. The van der Waals surface area contributed by atoms with E-state index in [9.17, 15) is 9.59 Å². The lowest BCUT2D eigenvalue weighted by atomic mass is 10.1. The van der Waals surface area contributed by atoms with Crippen molar-refractivity contribution in [2.45, 2.75) is 18.9 Å². The molecule has 2 amide bonds. The van der Waals surface area contributed by atoms with Crippen molar-refractivity contribution in [1.29, 1.82) is 0 Å². The number of carbonyl (C=O) groups is 2. The van der Waals surface area contributed by atoms with Gasteiger partial charge in [-0.1, -0.05) is 6.07 Å². The van der Waals surface area contributed by atoms with E-state index in [4.69, 9.17) is 19.9 Å². The van der Waals surface area contributed by atoms with E-state index in [1.165, 1.54) is 12.3 Å². The summed E-state index contributed by atoms with van der Waals surface area (Å²) in [6.45, 7) is 1.13. The van der Waals surface area contributed by atoms with E-state index in [1.807, 2.05) is 12.1 Å². The van der Waals surface area contributed by atoms with Crippen LogP contribution in [0.1, 0.15) is 28.9 Å². The van der Waals surface area contributed by atoms with Crippen molar-refractivity contribution < 1.29 is 23.8 Å². The van der Waals surface area contributed by atoms with E-state index < -0.39 is 5.91 Å². The van der Waals surface area contributed by atoms with Crippen LogP contribution in [0, 0.1) is 0 Å². The maximum absolute atomic E-state index is 12.6. The van der Waals surface area contributed by atoms with Crippen LogP contribution < -0.4 is 19.9 Å². The zero-order valence-corrected chi connectivity index (χ0v) is 17.0. The predicted molar refractivity (Wildman–Crippen MR) is 112 cm³/mol. The number of hydrogen-bond donors (Lipinski definition) is 1. The van der Waals surface area contributed by atoms with Crippen LogP contribution in [0.4, 0.5) is 0 Å². The monoisotopic (exact) mass is 411 g/mol. The molecule has 2 N–H and O–H groups in total. The fraction of sp³-hybridized carbons (Fsp3) is 0.318. The average molecular weight is 411 g/mol. The minimum absolute atomic E-state index is 0.0920. The predicted octanol–water partition coefficient (Wildman–Crippen LogP) is 2.28. The average Bonchev–Trinajstić information content (AvgIpc) is 2.77. The van der Waals surface area contributed by atoms with Gasteiger partial charge < -0.3 is 24.8 Å². The van der Waals surface area contributed by atoms with Crippen LogP contribution in [-0.4, -0.2) is 55.1 Å². The Labute approximate surface area is 175 Å². The van der Waals surface area contributed by atoms with Crippen LogP contribution in [0.2, 0.25) is 0 Å². The van der Waals surface area contributed by atoms with Crippen molar-refractivity contribution in [2.75, 3.05) is 27.3 Å². The summed E-state index contributed by atoms with van der Waals surface area (Å²) < 4.78 is 16.5. The Bertz CT molecular complexity index is 944. The highest BCUT2D eigenvalue weighted by atomic mass is 16.5. The molecule has 1 fully saturated rings. The highest BCUT2D eigenvalue weighted by Gasteiger charge is 2.24. The van der Waals surface area contributed by atoms with Crippen molar-refractivity contribution in [3.05, 3.63) is 53.9 Å². The van der Waals surface area contributed by atoms with Crippen molar-refractivity contribution >= 4 is 17.9 Å². The quantitative estimate of drug-likeness (QED) is 0.701. The minimum atomic E-state index is -0.610. The first-order valence-corrected chi connectivity index (χ1v) is 9.61. The maximum atomic E-state index is 12.6. The number of methoxy groups -OCH3 is 2. The summed E-state index contributed by atoms with van der Waals surface area (Å²) in [7, 11) is 3.14. The van der Waals surface area contributed by atoms with Crippen molar-refractivity contribution in [3.63, 3.8) is 0 Å². The van der Waals surface area contributed by atoms with Gasteiger partial charge in [0.15, 0.2) is 11.5 Å². The summed E-state index contributed by atoms with van der Waals surface area (Å²) >= 11 is 0. The van der Waals surface area contributed by atoms with Crippen LogP contribution in [-0.2, 0) is 4.79 Å². The number of nitrogens with zero attached hydrogens (tertiary/aromatic N) is 2. The summed E-state index contributed by atoms with van der Waals surface area (Å²) in [4.78, 5) is 29.6. The lowest BCUT2D eigenvalue weighted by Crippen LogP contribution is -2.43. The second-order valence-corrected chi connectivity index (χ2v) is 6.86. The number of rotatable bonds is 7. The molecule has 8 heteroatoms. The van der Waals surface area contributed by atoms with E-state index in [0.717, 1.165) is 18.4 Å². The SMILES string of the molecule is COc1ccc(/C=C/C(=O)N2CCCC(Oc3ccnc(C(N)=O)c3)C2)cc1OC. The molecule has 158 valence electrons. The Morgan fingerprint density at radius 1 is 1.17 bits per heavy atom. The van der Waals surface area contributed by atoms with Gasteiger partial charge in [-0.15, -0.1) is 0 Å². The van der Waals surface area contributed by atoms with Crippen LogP contribution in [0.15, 0.2) is 42.6 Å². The Balaban J connectivity index is 1.62. The van der Waals surface area contributed by atoms with E-state index >= 15 is 0 Å². The first-order chi connectivity index (χ1) is 14.5. The molecule has 0 aliphatic carbocycles. The first-order valence-electron chi connectivity index (χ1n) is 9.61. The standard InChI is InChI=1S/C22H25N3O5/c1-28-19-7-5-15(12-20(19)29-2)6-8-21(26)25-11-3-4-17(14-25)30-16-9-10-24-18(13-16)22(23)27/h5-10,12-13,17H,3-4,11,14H2,1-2H3,(H2,23,27)/b8-6+. The minimum Gasteiger partial charge on any atom is -0.493 e. The Morgan fingerprint density at radius 3 is 2.70 bits per heavy atom. The van der Waals surface area contributed by atoms with Gasteiger partial charge in [0.05, 0.1) is 20.8 Å². The molecule has 1 aliphatic rings. The largest absolute Gasteiger partial charge is 0.493 e. The number of likely N-dealkylation sites (tertiary alicyclic amines) is 1. The molecule has 1 atom stereocenters. The third-order valence-electron chi connectivity index (χ3n) is 4.80. The van der Waals surface area contributed by atoms with Crippen LogP contribution >= 0.6 is 0 Å². The van der Waals surface area contributed by atoms with E-state index in [1.54, 1.807) is 43.4 Å². The van der Waals surface area contributed by atoms with Gasteiger partial charge in [-0.25, -0.2) is 0 Å². The molecule has 0 saturated carbocycles. The number of amides is 2.